The lowest BCUT2D eigenvalue weighted by atomic mass is 9.95. The van der Waals surface area contributed by atoms with Gasteiger partial charge in [-0.2, -0.15) is 4.98 Å². The van der Waals surface area contributed by atoms with E-state index < -0.39 is 0 Å². The Kier molecular flexibility index (Phi) is 6.05. The van der Waals surface area contributed by atoms with E-state index in [0.29, 0.717) is 30.7 Å². The zero-order valence-electron chi connectivity index (χ0n) is 15.9. The van der Waals surface area contributed by atoms with Crippen molar-refractivity contribution in [2.24, 2.45) is 5.92 Å². The van der Waals surface area contributed by atoms with Gasteiger partial charge in [-0.1, -0.05) is 17.1 Å². The molecule has 2 fully saturated rings. The Hall–Kier alpha value is -2.21. The highest BCUT2D eigenvalue weighted by Crippen LogP contribution is 2.23. The summed E-state index contributed by atoms with van der Waals surface area (Å²) in [6.07, 6.45) is 7.20. The second-order valence-electron chi connectivity index (χ2n) is 7.35. The minimum absolute atomic E-state index is 0.143. The van der Waals surface area contributed by atoms with E-state index in [-0.39, 0.29) is 5.92 Å². The smallest absolute Gasteiger partial charge is 0.241 e. The van der Waals surface area contributed by atoms with Crippen molar-refractivity contribution in [2.75, 3.05) is 45.8 Å². The predicted octanol–water partition coefficient (Wildman–Crippen LogP) is 1.79. The molecule has 0 radical (unpaired) electrons. The van der Waals surface area contributed by atoms with Crippen molar-refractivity contribution >= 4 is 17.2 Å². The van der Waals surface area contributed by atoms with Gasteiger partial charge in [-0.15, -0.1) is 17.8 Å². The van der Waals surface area contributed by atoms with Gasteiger partial charge in [0, 0.05) is 32.1 Å². The Morgan fingerprint density at radius 3 is 2.68 bits per heavy atom. The number of hydrogen-bond donors (Lipinski definition) is 0. The Morgan fingerprint density at radius 2 is 2.00 bits per heavy atom. The zero-order chi connectivity index (χ0) is 19.3. The molecule has 148 valence electrons. The molecule has 2 aliphatic rings. The molecule has 4 rings (SSSR count). The lowest BCUT2D eigenvalue weighted by Gasteiger charge is -2.38. The standard InChI is InChI=1S/C20H25N5O2S/c1-2-7-23-8-5-16(6-9-23)20(26)25-12-10-24(11-13-25)15-18-21-19(22-27-18)17-4-3-14-28-17/h1,3-4,14,16H,5-13,15H2. The summed E-state index contributed by atoms with van der Waals surface area (Å²) in [5.74, 6) is 4.41. The number of carbonyl (C=O) groups excluding carboxylic acids is 1. The molecule has 1 amide bonds. The molecule has 2 saturated heterocycles. The SMILES string of the molecule is C#CCN1CCC(C(=O)N2CCN(Cc3nc(-c4cccs4)no3)CC2)CC1. The van der Waals surface area contributed by atoms with Crippen molar-refractivity contribution < 1.29 is 9.32 Å². The minimum Gasteiger partial charge on any atom is -0.340 e. The maximum absolute atomic E-state index is 12.8. The van der Waals surface area contributed by atoms with Gasteiger partial charge >= 0.3 is 0 Å². The fraction of sp³-hybridized carbons (Fsp3) is 0.550. The summed E-state index contributed by atoms with van der Waals surface area (Å²) >= 11 is 1.60. The molecule has 0 atom stereocenters. The van der Waals surface area contributed by atoms with Crippen LogP contribution in [0.2, 0.25) is 0 Å². The van der Waals surface area contributed by atoms with Crippen LogP contribution in [-0.4, -0.2) is 76.6 Å². The number of likely N-dealkylation sites (tertiary alicyclic amines) is 1. The summed E-state index contributed by atoms with van der Waals surface area (Å²) in [4.78, 5) is 24.9. The maximum Gasteiger partial charge on any atom is 0.241 e. The van der Waals surface area contributed by atoms with Crippen LogP contribution < -0.4 is 0 Å². The largest absolute Gasteiger partial charge is 0.340 e. The van der Waals surface area contributed by atoms with Crippen LogP contribution in [0.25, 0.3) is 10.7 Å². The van der Waals surface area contributed by atoms with Crippen LogP contribution in [0, 0.1) is 18.3 Å². The van der Waals surface area contributed by atoms with E-state index in [1.165, 1.54) is 0 Å². The van der Waals surface area contributed by atoms with Crippen molar-refractivity contribution in [3.63, 3.8) is 0 Å². The summed E-state index contributed by atoms with van der Waals surface area (Å²) in [5, 5.41) is 6.07. The summed E-state index contributed by atoms with van der Waals surface area (Å²) < 4.78 is 5.40. The molecule has 4 heterocycles. The van der Waals surface area contributed by atoms with Gasteiger partial charge in [0.15, 0.2) is 0 Å². The fourth-order valence-electron chi connectivity index (χ4n) is 3.87. The first kappa shape index (κ1) is 19.1. The van der Waals surface area contributed by atoms with E-state index in [1.54, 1.807) is 11.3 Å². The molecule has 7 nitrogen and oxygen atoms in total. The van der Waals surface area contributed by atoms with Crippen LogP contribution in [0.15, 0.2) is 22.0 Å². The lowest BCUT2D eigenvalue weighted by Crippen LogP contribution is -2.51. The number of rotatable bonds is 5. The van der Waals surface area contributed by atoms with Gasteiger partial charge in [-0.25, -0.2) is 0 Å². The molecule has 0 saturated carbocycles. The van der Waals surface area contributed by atoms with Gasteiger partial charge in [0.25, 0.3) is 0 Å². The number of piperazine rings is 1. The number of aromatic nitrogens is 2. The Bertz CT molecular complexity index is 812. The quantitative estimate of drug-likeness (QED) is 0.714. The third-order valence-electron chi connectivity index (χ3n) is 5.50. The van der Waals surface area contributed by atoms with Gasteiger partial charge in [0.05, 0.1) is 18.0 Å². The molecule has 2 aromatic rings. The number of terminal acetylenes is 1. The first-order chi connectivity index (χ1) is 13.7. The molecular weight excluding hydrogens is 374 g/mol. The van der Waals surface area contributed by atoms with Gasteiger partial charge in [-0.05, 0) is 37.4 Å². The molecule has 28 heavy (non-hydrogen) atoms. The molecule has 0 N–H and O–H groups in total. The maximum atomic E-state index is 12.8. The molecule has 0 aromatic carbocycles. The molecule has 0 unspecified atom stereocenters. The summed E-state index contributed by atoms with van der Waals surface area (Å²) in [7, 11) is 0. The first-order valence-electron chi connectivity index (χ1n) is 9.76. The fourth-order valence-corrected chi connectivity index (χ4v) is 4.52. The topological polar surface area (TPSA) is 65.7 Å². The molecule has 0 spiro atoms. The highest BCUT2D eigenvalue weighted by Gasteiger charge is 2.30. The number of nitrogens with zero attached hydrogens (tertiary/aromatic N) is 5. The van der Waals surface area contributed by atoms with Crippen LogP contribution in [-0.2, 0) is 11.3 Å². The Labute approximate surface area is 169 Å². The Balaban J connectivity index is 1.24. The highest BCUT2D eigenvalue weighted by molar-refractivity contribution is 7.13. The molecule has 0 bridgehead atoms. The second-order valence-corrected chi connectivity index (χ2v) is 8.29. The number of carbonyl (C=O) groups is 1. The molecule has 2 aromatic heterocycles. The van der Waals surface area contributed by atoms with Crippen LogP contribution in [0.4, 0.5) is 0 Å². The monoisotopic (exact) mass is 399 g/mol. The van der Waals surface area contributed by atoms with E-state index >= 15 is 0 Å². The zero-order valence-corrected chi connectivity index (χ0v) is 16.7. The second kappa shape index (κ2) is 8.86. The van der Waals surface area contributed by atoms with E-state index in [4.69, 9.17) is 10.9 Å². The van der Waals surface area contributed by atoms with Crippen LogP contribution in [0.5, 0.6) is 0 Å². The molecule has 8 heteroatoms. The van der Waals surface area contributed by atoms with Crippen LogP contribution in [0.3, 0.4) is 0 Å². The van der Waals surface area contributed by atoms with Crippen molar-refractivity contribution in [1.29, 1.82) is 0 Å². The number of amides is 1. The minimum atomic E-state index is 0.143. The summed E-state index contributed by atoms with van der Waals surface area (Å²) in [6, 6.07) is 3.96. The third kappa shape index (κ3) is 4.43. The van der Waals surface area contributed by atoms with Crippen molar-refractivity contribution in [2.45, 2.75) is 19.4 Å². The molecule has 0 aliphatic carbocycles. The molecule has 2 aliphatic heterocycles. The average molecular weight is 400 g/mol. The first-order valence-corrected chi connectivity index (χ1v) is 10.6. The van der Waals surface area contributed by atoms with Gasteiger partial charge in [0.2, 0.25) is 17.6 Å². The van der Waals surface area contributed by atoms with E-state index in [0.717, 1.165) is 57.0 Å². The van der Waals surface area contributed by atoms with Gasteiger partial charge in [-0.3, -0.25) is 14.6 Å². The number of hydrogen-bond acceptors (Lipinski definition) is 7. The van der Waals surface area contributed by atoms with Crippen LogP contribution in [0.1, 0.15) is 18.7 Å². The molecular formula is C20H25N5O2S. The Morgan fingerprint density at radius 1 is 1.21 bits per heavy atom. The normalized spacial score (nSPS) is 19.6. The van der Waals surface area contributed by atoms with Gasteiger partial charge < -0.3 is 9.42 Å². The highest BCUT2D eigenvalue weighted by atomic mass is 32.1. The summed E-state index contributed by atoms with van der Waals surface area (Å²) in [6.45, 7) is 6.34. The lowest BCUT2D eigenvalue weighted by molar-refractivity contribution is -0.138. The number of thiophene rings is 1. The van der Waals surface area contributed by atoms with Crippen molar-refractivity contribution in [3.8, 4) is 23.0 Å². The summed E-state index contributed by atoms with van der Waals surface area (Å²) in [5.41, 5.74) is 0. The van der Waals surface area contributed by atoms with Gasteiger partial charge in [0.1, 0.15) is 0 Å². The van der Waals surface area contributed by atoms with E-state index in [9.17, 15) is 4.79 Å². The number of piperidine rings is 1. The van der Waals surface area contributed by atoms with E-state index in [2.05, 4.69) is 25.9 Å². The van der Waals surface area contributed by atoms with Crippen molar-refractivity contribution in [3.05, 3.63) is 23.4 Å². The third-order valence-corrected chi connectivity index (χ3v) is 6.37. The van der Waals surface area contributed by atoms with E-state index in [1.807, 2.05) is 22.4 Å². The predicted molar refractivity (Wildman–Crippen MR) is 107 cm³/mol. The average Bonchev–Trinajstić information content (AvgIpc) is 3.41. The van der Waals surface area contributed by atoms with Crippen molar-refractivity contribution in [1.82, 2.24) is 24.8 Å². The van der Waals surface area contributed by atoms with Crippen LogP contribution >= 0.6 is 11.3 Å².